The van der Waals surface area contributed by atoms with Crippen molar-refractivity contribution in [1.82, 2.24) is 9.55 Å². The van der Waals surface area contributed by atoms with Gasteiger partial charge in [-0.3, -0.25) is 4.79 Å². The number of benzene rings is 3. The van der Waals surface area contributed by atoms with Crippen molar-refractivity contribution < 1.29 is 9.18 Å². The molecule has 0 saturated carbocycles. The summed E-state index contributed by atoms with van der Waals surface area (Å²) in [5, 5.41) is 0. The topological polar surface area (TPSA) is 38.1 Å². The number of imidazole rings is 1. The molecule has 2 heterocycles. The number of carbonyl (C=O) groups is 1. The minimum Gasteiger partial charge on any atom is -0.323 e. The van der Waals surface area contributed by atoms with Crippen LogP contribution in [0, 0.1) is 5.82 Å². The zero-order valence-electron chi connectivity index (χ0n) is 18.3. The van der Waals surface area contributed by atoms with Gasteiger partial charge in [0.25, 0.3) is 0 Å². The van der Waals surface area contributed by atoms with Gasteiger partial charge in [0, 0.05) is 25.4 Å². The minimum atomic E-state index is -0.375. The Labute approximate surface area is 187 Å². The molecule has 1 aromatic heterocycles. The molecule has 1 aliphatic rings. The standard InChI is InChI=1S/C27H26FN3O/c1-18(2)20-13-11-19(12-14-20)16-31-25-10-6-4-8-23(25)29-27(31)21-15-26(32)30(17-21)24-9-5-3-7-22(24)28/h3-14,18,21H,15-17H2,1-2H3. The van der Waals surface area contributed by atoms with Crippen LogP contribution >= 0.6 is 0 Å². The Morgan fingerprint density at radius 1 is 1.00 bits per heavy atom. The van der Waals surface area contributed by atoms with Gasteiger partial charge in [-0.15, -0.1) is 0 Å². The Kier molecular flexibility index (Phi) is 5.25. The van der Waals surface area contributed by atoms with Crippen LogP contribution in [0.2, 0.25) is 0 Å². The minimum absolute atomic E-state index is 0.0695. The van der Waals surface area contributed by atoms with Crippen molar-refractivity contribution in [3.05, 3.63) is 95.6 Å². The fraction of sp³-hybridized carbons (Fsp3) is 0.259. The number of fused-ring (bicyclic) bond motifs is 1. The first kappa shape index (κ1) is 20.4. The average Bonchev–Trinajstić information content (AvgIpc) is 3.35. The number of hydrogen-bond acceptors (Lipinski definition) is 2. The van der Waals surface area contributed by atoms with E-state index >= 15 is 0 Å². The molecule has 1 atom stereocenters. The van der Waals surface area contributed by atoms with Crippen LogP contribution < -0.4 is 4.90 Å². The Hall–Kier alpha value is -3.47. The summed E-state index contributed by atoms with van der Waals surface area (Å²) in [6, 6.07) is 23.2. The molecule has 162 valence electrons. The third-order valence-corrected chi connectivity index (χ3v) is 6.30. The first-order valence-electron chi connectivity index (χ1n) is 11.1. The van der Waals surface area contributed by atoms with Gasteiger partial charge in [-0.05, 0) is 41.3 Å². The predicted octanol–water partition coefficient (Wildman–Crippen LogP) is 5.87. The molecule has 0 spiro atoms. The second-order valence-electron chi connectivity index (χ2n) is 8.80. The molecule has 3 aromatic carbocycles. The van der Waals surface area contributed by atoms with Crippen LogP contribution in [0.15, 0.2) is 72.8 Å². The molecule has 32 heavy (non-hydrogen) atoms. The fourth-order valence-electron chi connectivity index (χ4n) is 4.55. The summed E-state index contributed by atoms with van der Waals surface area (Å²) in [6.45, 7) is 5.48. The highest BCUT2D eigenvalue weighted by Gasteiger charge is 2.35. The number of rotatable bonds is 5. The second-order valence-corrected chi connectivity index (χ2v) is 8.80. The summed E-state index contributed by atoms with van der Waals surface area (Å²) < 4.78 is 16.6. The van der Waals surface area contributed by atoms with Crippen molar-refractivity contribution in [1.29, 1.82) is 0 Å². The van der Waals surface area contributed by atoms with E-state index in [9.17, 15) is 9.18 Å². The quantitative estimate of drug-likeness (QED) is 0.400. The first-order chi connectivity index (χ1) is 15.5. The monoisotopic (exact) mass is 427 g/mol. The average molecular weight is 428 g/mol. The van der Waals surface area contributed by atoms with E-state index in [0.29, 0.717) is 31.1 Å². The van der Waals surface area contributed by atoms with E-state index in [1.807, 2.05) is 18.2 Å². The molecule has 5 rings (SSSR count). The van der Waals surface area contributed by atoms with Gasteiger partial charge in [-0.2, -0.15) is 0 Å². The molecular weight excluding hydrogens is 401 g/mol. The van der Waals surface area contributed by atoms with Gasteiger partial charge in [0.1, 0.15) is 11.6 Å². The SMILES string of the molecule is CC(C)c1ccc(Cn2c(C3CC(=O)N(c4ccccc4F)C3)nc3ccccc32)cc1. The summed E-state index contributed by atoms with van der Waals surface area (Å²) in [6.07, 6.45) is 0.323. The molecule has 1 aliphatic heterocycles. The zero-order chi connectivity index (χ0) is 22.2. The molecular formula is C27H26FN3O. The molecule has 0 bridgehead atoms. The van der Waals surface area contributed by atoms with Gasteiger partial charge < -0.3 is 9.47 Å². The van der Waals surface area contributed by atoms with Crippen LogP contribution in [0.4, 0.5) is 10.1 Å². The van der Waals surface area contributed by atoms with Crippen LogP contribution in [0.5, 0.6) is 0 Å². The normalized spacial score (nSPS) is 16.4. The van der Waals surface area contributed by atoms with E-state index in [2.05, 4.69) is 48.7 Å². The van der Waals surface area contributed by atoms with Gasteiger partial charge in [0.05, 0.1) is 16.7 Å². The maximum Gasteiger partial charge on any atom is 0.227 e. The maximum atomic E-state index is 14.4. The number of halogens is 1. The molecule has 1 amide bonds. The number of para-hydroxylation sites is 3. The third-order valence-electron chi connectivity index (χ3n) is 6.30. The van der Waals surface area contributed by atoms with Gasteiger partial charge >= 0.3 is 0 Å². The van der Waals surface area contributed by atoms with Gasteiger partial charge in [0.15, 0.2) is 0 Å². The Balaban J connectivity index is 1.50. The lowest BCUT2D eigenvalue weighted by Gasteiger charge is -2.18. The van der Waals surface area contributed by atoms with Crippen LogP contribution in [0.25, 0.3) is 11.0 Å². The summed E-state index contributed by atoms with van der Waals surface area (Å²) in [4.78, 5) is 19.3. The van der Waals surface area contributed by atoms with Crippen molar-refractivity contribution in [2.24, 2.45) is 0 Å². The highest BCUT2D eigenvalue weighted by Crippen LogP contribution is 2.34. The molecule has 0 aliphatic carbocycles. The van der Waals surface area contributed by atoms with Gasteiger partial charge in [0.2, 0.25) is 5.91 Å². The molecule has 4 aromatic rings. The van der Waals surface area contributed by atoms with Crippen molar-refractivity contribution in [2.75, 3.05) is 11.4 Å². The Bertz CT molecular complexity index is 1280. The summed E-state index contributed by atoms with van der Waals surface area (Å²) in [5.41, 5.74) is 4.80. The highest BCUT2D eigenvalue weighted by molar-refractivity contribution is 5.96. The molecule has 5 heteroatoms. The van der Waals surface area contributed by atoms with E-state index in [1.165, 1.54) is 17.2 Å². The van der Waals surface area contributed by atoms with Crippen LogP contribution in [0.3, 0.4) is 0 Å². The number of anilines is 1. The molecule has 1 unspecified atom stereocenters. The van der Waals surface area contributed by atoms with E-state index in [0.717, 1.165) is 16.9 Å². The van der Waals surface area contributed by atoms with Crippen LogP contribution in [-0.4, -0.2) is 22.0 Å². The summed E-state index contributed by atoms with van der Waals surface area (Å²) in [7, 11) is 0. The Morgan fingerprint density at radius 2 is 1.72 bits per heavy atom. The van der Waals surface area contributed by atoms with E-state index < -0.39 is 0 Å². The molecule has 0 N–H and O–H groups in total. The number of carbonyl (C=O) groups excluding carboxylic acids is 1. The van der Waals surface area contributed by atoms with Crippen molar-refractivity contribution in [3.63, 3.8) is 0 Å². The van der Waals surface area contributed by atoms with E-state index in [-0.39, 0.29) is 17.6 Å². The molecule has 1 saturated heterocycles. The maximum absolute atomic E-state index is 14.4. The fourth-order valence-corrected chi connectivity index (χ4v) is 4.55. The number of amides is 1. The highest BCUT2D eigenvalue weighted by atomic mass is 19.1. The van der Waals surface area contributed by atoms with Crippen LogP contribution in [0.1, 0.15) is 49.1 Å². The van der Waals surface area contributed by atoms with Crippen molar-refractivity contribution in [2.45, 2.75) is 38.6 Å². The number of nitrogens with zero attached hydrogens (tertiary/aromatic N) is 3. The number of aromatic nitrogens is 2. The largest absolute Gasteiger partial charge is 0.323 e. The lowest BCUT2D eigenvalue weighted by molar-refractivity contribution is -0.117. The molecule has 0 radical (unpaired) electrons. The first-order valence-corrected chi connectivity index (χ1v) is 11.1. The summed E-state index contributed by atoms with van der Waals surface area (Å²) >= 11 is 0. The van der Waals surface area contributed by atoms with Crippen molar-refractivity contribution >= 4 is 22.6 Å². The Morgan fingerprint density at radius 3 is 2.47 bits per heavy atom. The van der Waals surface area contributed by atoms with Gasteiger partial charge in [-0.25, -0.2) is 9.37 Å². The van der Waals surface area contributed by atoms with E-state index in [4.69, 9.17) is 4.98 Å². The third kappa shape index (κ3) is 3.68. The number of hydrogen-bond donors (Lipinski definition) is 0. The second kappa shape index (κ2) is 8.23. The predicted molar refractivity (Wildman–Crippen MR) is 125 cm³/mol. The lowest BCUT2D eigenvalue weighted by Crippen LogP contribution is -2.25. The molecule has 4 nitrogen and oxygen atoms in total. The zero-order valence-corrected chi connectivity index (χ0v) is 18.3. The smallest absolute Gasteiger partial charge is 0.227 e. The lowest BCUT2D eigenvalue weighted by atomic mass is 10.0. The van der Waals surface area contributed by atoms with Crippen molar-refractivity contribution in [3.8, 4) is 0 Å². The van der Waals surface area contributed by atoms with Gasteiger partial charge in [-0.1, -0.05) is 62.4 Å². The summed E-state index contributed by atoms with van der Waals surface area (Å²) in [5.74, 6) is 0.832. The van der Waals surface area contributed by atoms with E-state index in [1.54, 1.807) is 23.1 Å². The molecule has 1 fully saturated rings. The van der Waals surface area contributed by atoms with Crippen LogP contribution in [-0.2, 0) is 11.3 Å².